The number of nitrogens with zero attached hydrogens (tertiary/aromatic N) is 5. The van der Waals surface area contributed by atoms with Gasteiger partial charge in [0.2, 0.25) is 0 Å². The second kappa shape index (κ2) is 8.33. The van der Waals surface area contributed by atoms with Crippen LogP contribution in [0.5, 0.6) is 0 Å². The van der Waals surface area contributed by atoms with E-state index in [1.165, 1.54) is 11.0 Å². The first kappa shape index (κ1) is 20.6. The summed E-state index contributed by atoms with van der Waals surface area (Å²) >= 11 is 0. The van der Waals surface area contributed by atoms with Crippen molar-refractivity contribution in [1.82, 2.24) is 19.9 Å². The molecule has 3 aromatic heterocycles. The normalized spacial score (nSPS) is 17.3. The number of ether oxygens (including phenoxy) is 1. The molecule has 1 aliphatic rings. The van der Waals surface area contributed by atoms with E-state index in [9.17, 15) is 14.7 Å². The van der Waals surface area contributed by atoms with Crippen LogP contribution in [0.1, 0.15) is 0 Å². The fourth-order valence-electron chi connectivity index (χ4n) is 3.55. The molecule has 0 radical (unpaired) electrons. The molecule has 0 bridgehead atoms. The molecule has 1 aliphatic heterocycles. The van der Waals surface area contributed by atoms with Crippen molar-refractivity contribution in [3.8, 4) is 5.69 Å². The third kappa shape index (κ3) is 3.88. The van der Waals surface area contributed by atoms with Crippen LogP contribution in [0.3, 0.4) is 0 Å². The van der Waals surface area contributed by atoms with Crippen molar-refractivity contribution in [2.24, 2.45) is 0 Å². The van der Waals surface area contributed by atoms with Gasteiger partial charge in [-0.15, -0.1) is 5.10 Å². The molecule has 4 aromatic rings. The Kier molecular flexibility index (Phi) is 5.20. The minimum absolute atomic E-state index is 0.131. The Morgan fingerprint density at radius 1 is 1.24 bits per heavy atom. The number of benzene rings is 1. The zero-order chi connectivity index (χ0) is 22.9. The number of hydrogen-bond acceptors (Lipinski definition) is 9. The number of nitrogen functional groups attached to an aromatic ring is 1. The summed E-state index contributed by atoms with van der Waals surface area (Å²) in [6.45, 7) is 0.368. The molecule has 12 nitrogen and oxygen atoms in total. The fourth-order valence-corrected chi connectivity index (χ4v) is 3.55. The van der Waals surface area contributed by atoms with Gasteiger partial charge in [0, 0.05) is 36.4 Å². The number of aromatic nitrogens is 4. The highest BCUT2D eigenvalue weighted by molar-refractivity contribution is 6.04. The van der Waals surface area contributed by atoms with Gasteiger partial charge in [0.25, 0.3) is 11.8 Å². The number of rotatable bonds is 5. The topological polar surface area (TPSA) is 162 Å². The van der Waals surface area contributed by atoms with E-state index in [-0.39, 0.29) is 19.0 Å². The summed E-state index contributed by atoms with van der Waals surface area (Å²) < 4.78 is 12.1. The maximum absolute atomic E-state index is 13.0. The number of morpholine rings is 1. The average Bonchev–Trinajstić information content (AvgIpc) is 3.46. The van der Waals surface area contributed by atoms with Crippen LogP contribution < -0.4 is 16.0 Å². The van der Waals surface area contributed by atoms with E-state index in [1.807, 2.05) is 0 Å². The van der Waals surface area contributed by atoms with Gasteiger partial charge in [0.15, 0.2) is 29.4 Å². The van der Waals surface area contributed by atoms with Crippen LogP contribution in [0.4, 0.5) is 17.3 Å². The molecule has 5 rings (SSSR count). The van der Waals surface area contributed by atoms with E-state index in [0.717, 1.165) is 5.69 Å². The molecular weight excluding hydrogens is 430 g/mol. The molecule has 1 fully saturated rings. The lowest BCUT2D eigenvalue weighted by Gasteiger charge is -2.32. The highest BCUT2D eigenvalue weighted by Crippen LogP contribution is 2.24. The van der Waals surface area contributed by atoms with Crippen LogP contribution in [0, 0.1) is 0 Å². The number of aliphatic hydroxyl groups is 1. The van der Waals surface area contributed by atoms with E-state index in [2.05, 4.69) is 20.6 Å². The van der Waals surface area contributed by atoms with Gasteiger partial charge in [-0.2, -0.15) is 0 Å². The van der Waals surface area contributed by atoms with E-state index >= 15 is 0 Å². The molecule has 0 aliphatic carbocycles. The third-order valence-electron chi connectivity index (χ3n) is 5.22. The van der Waals surface area contributed by atoms with Gasteiger partial charge >= 0.3 is 0 Å². The number of fused-ring (bicyclic) bond motifs is 1. The van der Waals surface area contributed by atoms with Gasteiger partial charge in [-0.1, -0.05) is 5.16 Å². The number of aliphatic hydroxyl groups excluding tert-OH is 1. The largest absolute Gasteiger partial charge is 0.380 e. The summed E-state index contributed by atoms with van der Waals surface area (Å²) in [5, 5.41) is 21.8. The molecule has 0 saturated carbocycles. The Morgan fingerprint density at radius 2 is 2.06 bits per heavy atom. The van der Waals surface area contributed by atoms with Crippen LogP contribution in [-0.4, -0.2) is 62.2 Å². The molecule has 1 saturated heterocycles. The first-order chi connectivity index (χ1) is 16.0. The SMILES string of the molecule is Nc1noc2cc(NC(=O)C(O)C3OCCN(c4ccn(-c5ccncc5)n4)C3=O)ccc12. The minimum Gasteiger partial charge on any atom is -0.380 e. The van der Waals surface area contributed by atoms with Gasteiger partial charge in [-0.05, 0) is 24.3 Å². The number of carbonyl (C=O) groups is 2. The van der Waals surface area contributed by atoms with Gasteiger partial charge in [0.1, 0.15) is 0 Å². The van der Waals surface area contributed by atoms with Crippen molar-refractivity contribution >= 4 is 40.1 Å². The summed E-state index contributed by atoms with van der Waals surface area (Å²) in [6, 6.07) is 9.96. The Labute approximate surface area is 186 Å². The first-order valence-corrected chi connectivity index (χ1v) is 10.0. The fraction of sp³-hybridized carbons (Fsp3) is 0.190. The number of carbonyl (C=O) groups excluding carboxylic acids is 2. The summed E-state index contributed by atoms with van der Waals surface area (Å²) in [5.41, 5.74) is 7.18. The number of nitrogens with one attached hydrogen (secondary N) is 1. The van der Waals surface area contributed by atoms with Crippen molar-refractivity contribution in [3.05, 3.63) is 55.0 Å². The Bertz CT molecular complexity index is 1320. The highest BCUT2D eigenvalue weighted by Gasteiger charge is 2.40. The molecular formula is C21H19N7O5. The molecule has 0 spiro atoms. The van der Waals surface area contributed by atoms with Crippen molar-refractivity contribution in [2.45, 2.75) is 12.2 Å². The highest BCUT2D eigenvalue weighted by atomic mass is 16.5. The zero-order valence-electron chi connectivity index (χ0n) is 17.2. The lowest BCUT2D eigenvalue weighted by Crippen LogP contribution is -2.55. The van der Waals surface area contributed by atoms with Crippen LogP contribution in [-0.2, 0) is 14.3 Å². The molecule has 2 atom stereocenters. The lowest BCUT2D eigenvalue weighted by atomic mass is 10.1. The van der Waals surface area contributed by atoms with Crippen molar-refractivity contribution in [1.29, 1.82) is 0 Å². The predicted octanol–water partition coefficient (Wildman–Crippen LogP) is 0.722. The molecule has 4 N–H and O–H groups in total. The van der Waals surface area contributed by atoms with E-state index < -0.39 is 24.0 Å². The molecule has 168 valence electrons. The predicted molar refractivity (Wildman–Crippen MR) is 117 cm³/mol. The monoisotopic (exact) mass is 449 g/mol. The lowest BCUT2D eigenvalue weighted by molar-refractivity contribution is -0.150. The molecule has 1 aromatic carbocycles. The van der Waals surface area contributed by atoms with Crippen molar-refractivity contribution < 1.29 is 24.0 Å². The Morgan fingerprint density at radius 3 is 2.88 bits per heavy atom. The second-order valence-electron chi connectivity index (χ2n) is 7.32. The van der Waals surface area contributed by atoms with Crippen LogP contribution in [0.15, 0.2) is 59.5 Å². The standard InChI is InChI=1S/C21H19N7O5/c22-19-14-2-1-12(11-15(14)33-26-19)24-20(30)17(29)18-21(31)27(9-10-32-18)16-5-8-28(25-16)13-3-6-23-7-4-13/h1-8,11,17-18,29H,9-10H2,(H2,22,26)(H,24,30). The quantitative estimate of drug-likeness (QED) is 0.398. The average molecular weight is 449 g/mol. The molecule has 12 heteroatoms. The van der Waals surface area contributed by atoms with E-state index in [1.54, 1.807) is 53.6 Å². The minimum atomic E-state index is -1.74. The second-order valence-corrected chi connectivity index (χ2v) is 7.32. The number of amides is 2. The zero-order valence-corrected chi connectivity index (χ0v) is 17.2. The first-order valence-electron chi connectivity index (χ1n) is 10.0. The van der Waals surface area contributed by atoms with Gasteiger partial charge < -0.3 is 25.4 Å². The Hall–Kier alpha value is -4.29. The van der Waals surface area contributed by atoms with Crippen LogP contribution >= 0.6 is 0 Å². The Balaban J connectivity index is 1.30. The third-order valence-corrected chi connectivity index (χ3v) is 5.22. The molecule has 4 heterocycles. The van der Waals surface area contributed by atoms with Crippen molar-refractivity contribution in [3.63, 3.8) is 0 Å². The van der Waals surface area contributed by atoms with Gasteiger partial charge in [-0.25, -0.2) is 4.68 Å². The van der Waals surface area contributed by atoms with Crippen LogP contribution in [0.2, 0.25) is 0 Å². The van der Waals surface area contributed by atoms with Gasteiger partial charge in [0.05, 0.1) is 24.2 Å². The smallest absolute Gasteiger partial charge is 0.260 e. The number of anilines is 3. The number of nitrogens with two attached hydrogens (primary N) is 1. The summed E-state index contributed by atoms with van der Waals surface area (Å²) in [5.74, 6) is -0.756. The molecule has 33 heavy (non-hydrogen) atoms. The molecule has 2 unspecified atom stereocenters. The number of hydrogen-bond donors (Lipinski definition) is 3. The maximum Gasteiger partial charge on any atom is 0.260 e. The van der Waals surface area contributed by atoms with E-state index in [0.29, 0.717) is 22.5 Å². The molecule has 2 amide bonds. The number of pyridine rings is 1. The summed E-state index contributed by atoms with van der Waals surface area (Å²) in [4.78, 5) is 31.0. The van der Waals surface area contributed by atoms with Gasteiger partial charge in [-0.3, -0.25) is 19.5 Å². The van der Waals surface area contributed by atoms with E-state index in [4.69, 9.17) is 15.0 Å². The van der Waals surface area contributed by atoms with Crippen LogP contribution in [0.25, 0.3) is 16.7 Å². The summed E-state index contributed by atoms with van der Waals surface area (Å²) in [7, 11) is 0. The summed E-state index contributed by atoms with van der Waals surface area (Å²) in [6.07, 6.45) is 1.86. The van der Waals surface area contributed by atoms with Crippen molar-refractivity contribution in [2.75, 3.05) is 29.1 Å². The maximum atomic E-state index is 13.0.